The molecule has 2 N–H and O–H groups in total. The molecule has 1 heterocycles. The molecule has 0 unspecified atom stereocenters. The van der Waals surface area contributed by atoms with Crippen LogP contribution < -0.4 is 14.8 Å². The maximum absolute atomic E-state index is 12.7. The molecular formula is C19H20N4O4S2. The fourth-order valence-corrected chi connectivity index (χ4v) is 4.81. The quantitative estimate of drug-likeness (QED) is 0.529. The van der Waals surface area contributed by atoms with Gasteiger partial charge in [0, 0.05) is 11.6 Å². The summed E-state index contributed by atoms with van der Waals surface area (Å²) in [7, 11) is -2.33. The summed E-state index contributed by atoms with van der Waals surface area (Å²) in [6.45, 7) is 1.88. The van der Waals surface area contributed by atoms with Gasteiger partial charge in [0.15, 0.2) is 0 Å². The van der Waals surface area contributed by atoms with Gasteiger partial charge >= 0.3 is 0 Å². The monoisotopic (exact) mass is 432 g/mol. The van der Waals surface area contributed by atoms with Gasteiger partial charge in [-0.15, -0.1) is 10.2 Å². The van der Waals surface area contributed by atoms with Crippen molar-refractivity contribution in [2.45, 2.75) is 23.7 Å². The number of nitrogens with zero attached hydrogens (tertiary/aromatic N) is 2. The smallest absolute Gasteiger partial charge is 0.270 e. The summed E-state index contributed by atoms with van der Waals surface area (Å²) in [6.07, 6.45) is 0.544. The third-order valence-electron chi connectivity index (χ3n) is 4.12. The van der Waals surface area contributed by atoms with Gasteiger partial charge in [-0.2, -0.15) is 0 Å². The molecule has 0 saturated carbocycles. The molecule has 8 nitrogen and oxygen atoms in total. The van der Waals surface area contributed by atoms with Crippen molar-refractivity contribution in [2.24, 2.45) is 0 Å². The number of nitrogens with one attached hydrogen (secondary N) is 2. The van der Waals surface area contributed by atoms with Crippen molar-refractivity contribution in [1.29, 1.82) is 0 Å². The lowest BCUT2D eigenvalue weighted by Gasteiger charge is -2.16. The van der Waals surface area contributed by atoms with E-state index >= 15 is 0 Å². The standard InChI is InChI=1S/C19H20N4O4S2/c1-3-16(13-9-11-15(27-2)12-10-13)23-29(25,26)19-22-21-18(28-19)20-17(24)14-7-5-4-6-8-14/h4-12,16,23H,3H2,1-2H3,(H,20,21,24)/t16-/m0/s1. The van der Waals surface area contributed by atoms with E-state index in [4.69, 9.17) is 4.74 Å². The number of methoxy groups -OCH3 is 1. The van der Waals surface area contributed by atoms with Crippen molar-refractivity contribution in [2.75, 3.05) is 12.4 Å². The zero-order valence-electron chi connectivity index (χ0n) is 15.8. The zero-order valence-corrected chi connectivity index (χ0v) is 17.5. The largest absolute Gasteiger partial charge is 0.497 e. The molecule has 152 valence electrons. The fraction of sp³-hybridized carbons (Fsp3) is 0.211. The third-order valence-corrected chi connectivity index (χ3v) is 6.79. The van der Waals surface area contributed by atoms with Crippen LogP contribution >= 0.6 is 11.3 Å². The van der Waals surface area contributed by atoms with Gasteiger partial charge in [-0.05, 0) is 36.2 Å². The molecule has 0 bridgehead atoms. The van der Waals surface area contributed by atoms with E-state index < -0.39 is 16.1 Å². The van der Waals surface area contributed by atoms with Crippen LogP contribution in [0, 0.1) is 0 Å². The van der Waals surface area contributed by atoms with Crippen molar-refractivity contribution in [3.05, 3.63) is 65.7 Å². The molecule has 29 heavy (non-hydrogen) atoms. The van der Waals surface area contributed by atoms with Crippen LogP contribution in [0.15, 0.2) is 58.9 Å². The second-order valence-electron chi connectivity index (χ2n) is 6.05. The summed E-state index contributed by atoms with van der Waals surface area (Å²) >= 11 is 0.792. The van der Waals surface area contributed by atoms with Crippen LogP contribution in [0.4, 0.5) is 5.13 Å². The van der Waals surface area contributed by atoms with Crippen molar-refractivity contribution in [3.63, 3.8) is 0 Å². The van der Waals surface area contributed by atoms with Gasteiger partial charge in [0.1, 0.15) is 5.75 Å². The number of ether oxygens (including phenoxy) is 1. The third kappa shape index (κ3) is 5.17. The number of hydrogen-bond acceptors (Lipinski definition) is 7. The summed E-state index contributed by atoms with van der Waals surface area (Å²) in [5.74, 6) is 0.303. The van der Waals surface area contributed by atoms with E-state index in [2.05, 4.69) is 20.2 Å². The molecule has 3 rings (SSSR count). The summed E-state index contributed by atoms with van der Waals surface area (Å²) in [5.41, 5.74) is 1.25. The van der Waals surface area contributed by atoms with Crippen LogP contribution in [0.5, 0.6) is 5.75 Å². The normalized spacial score (nSPS) is 12.3. The van der Waals surface area contributed by atoms with Gasteiger partial charge in [0.05, 0.1) is 7.11 Å². The summed E-state index contributed by atoms with van der Waals surface area (Å²) in [5, 5.41) is 10.2. The Bertz CT molecular complexity index is 1070. The molecule has 0 aliphatic heterocycles. The molecule has 0 saturated heterocycles. The maximum atomic E-state index is 12.7. The van der Waals surface area contributed by atoms with E-state index in [1.807, 2.05) is 6.92 Å². The van der Waals surface area contributed by atoms with E-state index in [1.165, 1.54) is 0 Å². The highest BCUT2D eigenvalue weighted by atomic mass is 32.2. The van der Waals surface area contributed by atoms with Crippen LogP contribution in [-0.2, 0) is 10.0 Å². The Hall–Kier alpha value is -2.82. The summed E-state index contributed by atoms with van der Waals surface area (Å²) in [6, 6.07) is 15.3. The zero-order chi connectivity index (χ0) is 20.9. The fourth-order valence-electron chi connectivity index (χ4n) is 2.59. The molecule has 3 aromatic rings. The SMILES string of the molecule is CC[C@H](NS(=O)(=O)c1nnc(NC(=O)c2ccccc2)s1)c1ccc(OC)cc1. The Labute approximate surface area is 173 Å². The molecule has 1 aromatic heterocycles. The Morgan fingerprint density at radius 3 is 2.41 bits per heavy atom. The Morgan fingerprint density at radius 2 is 1.79 bits per heavy atom. The number of carbonyl (C=O) groups is 1. The predicted molar refractivity (Wildman–Crippen MR) is 111 cm³/mol. The number of sulfonamides is 1. The van der Waals surface area contributed by atoms with Crippen LogP contribution in [0.2, 0.25) is 0 Å². The van der Waals surface area contributed by atoms with E-state index in [9.17, 15) is 13.2 Å². The first kappa shape index (κ1) is 20.9. The van der Waals surface area contributed by atoms with E-state index in [0.29, 0.717) is 17.7 Å². The molecular weight excluding hydrogens is 412 g/mol. The maximum Gasteiger partial charge on any atom is 0.270 e. The van der Waals surface area contributed by atoms with Crippen molar-refractivity contribution >= 4 is 32.4 Å². The molecule has 1 amide bonds. The van der Waals surface area contributed by atoms with E-state index in [1.54, 1.807) is 61.7 Å². The highest BCUT2D eigenvalue weighted by molar-refractivity contribution is 7.91. The van der Waals surface area contributed by atoms with Crippen molar-refractivity contribution < 1.29 is 17.9 Å². The summed E-state index contributed by atoms with van der Waals surface area (Å²) < 4.78 is 33.0. The van der Waals surface area contributed by atoms with Crippen LogP contribution in [-0.4, -0.2) is 31.6 Å². The first-order chi connectivity index (χ1) is 13.9. The number of benzene rings is 2. The Morgan fingerprint density at radius 1 is 1.10 bits per heavy atom. The number of carbonyl (C=O) groups excluding carboxylic acids is 1. The first-order valence-corrected chi connectivity index (χ1v) is 11.1. The highest BCUT2D eigenvalue weighted by Gasteiger charge is 2.25. The lowest BCUT2D eigenvalue weighted by Crippen LogP contribution is -2.28. The van der Waals surface area contributed by atoms with Crippen LogP contribution in [0.25, 0.3) is 0 Å². The van der Waals surface area contributed by atoms with Crippen LogP contribution in [0.3, 0.4) is 0 Å². The molecule has 1 atom stereocenters. The van der Waals surface area contributed by atoms with E-state index in [0.717, 1.165) is 16.9 Å². The topological polar surface area (TPSA) is 110 Å². The first-order valence-electron chi connectivity index (χ1n) is 8.79. The number of aromatic nitrogens is 2. The number of hydrogen-bond donors (Lipinski definition) is 2. The van der Waals surface area contributed by atoms with Gasteiger partial charge < -0.3 is 4.74 Å². The van der Waals surface area contributed by atoms with Crippen molar-refractivity contribution in [3.8, 4) is 5.75 Å². The molecule has 0 aliphatic carbocycles. The molecule has 0 aliphatic rings. The van der Waals surface area contributed by atoms with Crippen LogP contribution in [0.1, 0.15) is 35.3 Å². The van der Waals surface area contributed by atoms with E-state index in [-0.39, 0.29) is 15.4 Å². The average Bonchev–Trinajstić information content (AvgIpc) is 3.22. The minimum Gasteiger partial charge on any atom is -0.497 e. The highest BCUT2D eigenvalue weighted by Crippen LogP contribution is 2.25. The van der Waals surface area contributed by atoms with Gasteiger partial charge in [-0.25, -0.2) is 13.1 Å². The second-order valence-corrected chi connectivity index (χ2v) is 8.91. The lowest BCUT2D eigenvalue weighted by atomic mass is 10.1. The minimum atomic E-state index is -3.90. The molecule has 0 spiro atoms. The number of amides is 1. The summed E-state index contributed by atoms with van der Waals surface area (Å²) in [4.78, 5) is 12.2. The molecule has 0 radical (unpaired) electrons. The Kier molecular flexibility index (Phi) is 6.57. The molecule has 2 aromatic carbocycles. The van der Waals surface area contributed by atoms with Gasteiger partial charge in [0.2, 0.25) is 9.47 Å². The minimum absolute atomic E-state index is 0.108. The van der Waals surface area contributed by atoms with Gasteiger partial charge in [0.25, 0.3) is 15.9 Å². The van der Waals surface area contributed by atoms with Gasteiger partial charge in [-0.3, -0.25) is 10.1 Å². The lowest BCUT2D eigenvalue weighted by molar-refractivity contribution is 0.102. The van der Waals surface area contributed by atoms with Gasteiger partial charge in [-0.1, -0.05) is 48.6 Å². The average molecular weight is 433 g/mol. The molecule has 0 fully saturated rings. The second kappa shape index (κ2) is 9.12. The predicted octanol–water partition coefficient (Wildman–Crippen LogP) is 3.23. The number of anilines is 1. The van der Waals surface area contributed by atoms with Crippen molar-refractivity contribution in [1.82, 2.24) is 14.9 Å². The molecule has 10 heteroatoms. The number of rotatable bonds is 8. The Balaban J connectivity index is 1.72.